The van der Waals surface area contributed by atoms with Crippen LogP contribution in [-0.4, -0.2) is 19.5 Å². The van der Waals surface area contributed by atoms with E-state index in [1.54, 1.807) is 0 Å². The van der Waals surface area contributed by atoms with E-state index in [1.165, 1.54) is 52.5 Å². The van der Waals surface area contributed by atoms with Crippen molar-refractivity contribution >= 4 is 96.8 Å². The number of nitrogens with zero attached hydrogens (tertiary/aromatic N) is 4. The highest BCUT2D eigenvalue weighted by Crippen LogP contribution is 2.46. The molecule has 0 saturated carbocycles. The van der Waals surface area contributed by atoms with E-state index in [1.807, 2.05) is 59.9 Å². The molecule has 0 aliphatic carbocycles. The molecule has 5 nitrogen and oxygen atoms in total. The van der Waals surface area contributed by atoms with E-state index in [0.717, 1.165) is 66.5 Å². The zero-order valence-electron chi connectivity index (χ0n) is 34.7. The summed E-state index contributed by atoms with van der Waals surface area (Å²) in [6.45, 7) is 0. The Labute approximate surface area is 376 Å². The second-order valence-electron chi connectivity index (χ2n) is 16.7. The van der Waals surface area contributed by atoms with Crippen molar-refractivity contribution in [1.29, 1.82) is 0 Å². The summed E-state index contributed by atoms with van der Waals surface area (Å²) in [5.74, 6) is 1.78. The van der Waals surface area contributed by atoms with Gasteiger partial charge in [-0.25, -0.2) is 15.0 Å². The predicted molar refractivity (Wildman–Crippen MR) is 271 cm³/mol. The number of hydrogen-bond acceptors (Lipinski definition) is 5. The number of benzene rings is 10. The minimum atomic E-state index is 0.587. The summed E-state index contributed by atoms with van der Waals surface area (Å²) < 4.78 is 11.3. The van der Waals surface area contributed by atoms with Crippen molar-refractivity contribution in [2.45, 2.75) is 0 Å². The van der Waals surface area contributed by atoms with Crippen LogP contribution in [0.5, 0.6) is 0 Å². The molecule has 302 valence electrons. The fourth-order valence-corrected chi connectivity index (χ4v) is 11.3. The van der Waals surface area contributed by atoms with Gasteiger partial charge in [0.25, 0.3) is 0 Å². The van der Waals surface area contributed by atoms with Crippen molar-refractivity contribution in [2.24, 2.45) is 0 Å². The first kappa shape index (κ1) is 36.1. The van der Waals surface area contributed by atoms with Crippen molar-refractivity contribution < 1.29 is 4.42 Å². The van der Waals surface area contributed by atoms with Crippen molar-refractivity contribution in [3.05, 3.63) is 206 Å². The van der Waals surface area contributed by atoms with Gasteiger partial charge < -0.3 is 8.98 Å². The third-order valence-corrected chi connectivity index (χ3v) is 14.2. The summed E-state index contributed by atoms with van der Waals surface area (Å²) in [5.41, 5.74) is 9.94. The van der Waals surface area contributed by atoms with Crippen LogP contribution in [0.2, 0.25) is 0 Å². The fourth-order valence-electron chi connectivity index (χ4n) is 10.1. The first-order valence-corrected chi connectivity index (χ1v) is 22.7. The van der Waals surface area contributed by atoms with Crippen LogP contribution in [0, 0.1) is 0 Å². The molecule has 0 unspecified atom stereocenters. The Morgan fingerprint density at radius 3 is 1.92 bits per heavy atom. The van der Waals surface area contributed by atoms with Gasteiger partial charge in [-0.05, 0) is 81.7 Å². The Morgan fingerprint density at radius 2 is 1.05 bits per heavy atom. The highest BCUT2D eigenvalue weighted by atomic mass is 32.1. The average Bonchev–Trinajstić information content (AvgIpc) is 4.05. The molecule has 0 bridgehead atoms. The lowest BCUT2D eigenvalue weighted by molar-refractivity contribution is 0.669. The van der Waals surface area contributed by atoms with Crippen molar-refractivity contribution in [3.63, 3.8) is 0 Å². The summed E-state index contributed by atoms with van der Waals surface area (Å²) in [5, 5.41) is 11.9. The molecule has 0 aliphatic heterocycles. The number of rotatable bonds is 5. The Balaban J connectivity index is 1.08. The van der Waals surface area contributed by atoms with Crippen LogP contribution in [0.25, 0.3) is 136 Å². The average molecular weight is 847 g/mol. The van der Waals surface area contributed by atoms with Gasteiger partial charge in [0.05, 0.1) is 16.7 Å². The summed E-state index contributed by atoms with van der Waals surface area (Å²) in [6.07, 6.45) is 0. The van der Waals surface area contributed by atoms with E-state index in [9.17, 15) is 0 Å². The zero-order chi connectivity index (χ0) is 42.6. The van der Waals surface area contributed by atoms with E-state index >= 15 is 0 Å². The van der Waals surface area contributed by atoms with Gasteiger partial charge in [0.15, 0.2) is 17.5 Å². The number of furan rings is 1. The van der Waals surface area contributed by atoms with Crippen LogP contribution in [0.3, 0.4) is 0 Å². The number of thiophene rings is 1. The molecule has 0 atom stereocenters. The van der Waals surface area contributed by atoms with Gasteiger partial charge in [-0.2, -0.15) is 0 Å². The lowest BCUT2D eigenvalue weighted by Crippen LogP contribution is -2.02. The summed E-state index contributed by atoms with van der Waals surface area (Å²) in [7, 11) is 0. The molecule has 14 aromatic rings. The minimum Gasteiger partial charge on any atom is -0.456 e. The third kappa shape index (κ3) is 5.54. The van der Waals surface area contributed by atoms with E-state index in [2.05, 4.69) is 162 Å². The predicted octanol–water partition coefficient (Wildman–Crippen LogP) is 16.2. The lowest BCUT2D eigenvalue weighted by atomic mass is 9.95. The molecule has 0 N–H and O–H groups in total. The Morgan fingerprint density at radius 1 is 0.369 bits per heavy atom. The largest absolute Gasteiger partial charge is 0.456 e. The molecule has 14 rings (SSSR count). The minimum absolute atomic E-state index is 0.587. The Bertz CT molecular complexity index is 4260. The molecule has 0 aliphatic rings. The maximum atomic E-state index is 6.35. The van der Waals surface area contributed by atoms with Crippen LogP contribution in [0.15, 0.2) is 211 Å². The standard InChI is InChI=1S/C59H34N4OS/c1-2-15-36(16-3-1)57-60-58(62-59(61-57)45-23-12-26-52-54(45)43-21-9-11-25-51(43)64-52)39-29-31-49(63-48-24-10-8-20-41(48)46-32-37-17-4-5-18-38(37)34-50(46)63)47(33-39)42-22-13-27-53-55(42)44-30-28-35-14-6-7-19-40(35)56(44)65-53/h1-34H. The smallest absolute Gasteiger partial charge is 0.164 e. The van der Waals surface area contributed by atoms with E-state index in [0.29, 0.717) is 17.5 Å². The first-order chi connectivity index (χ1) is 32.2. The van der Waals surface area contributed by atoms with Gasteiger partial charge in [-0.3, -0.25) is 0 Å². The van der Waals surface area contributed by atoms with Crippen LogP contribution in [0.4, 0.5) is 0 Å². The monoisotopic (exact) mass is 846 g/mol. The van der Waals surface area contributed by atoms with Crippen LogP contribution in [0.1, 0.15) is 0 Å². The molecule has 4 heterocycles. The molecular formula is C59H34N4OS. The molecule has 0 spiro atoms. The van der Waals surface area contributed by atoms with Crippen molar-refractivity contribution in [2.75, 3.05) is 0 Å². The maximum absolute atomic E-state index is 6.35. The fraction of sp³-hybridized carbons (Fsp3) is 0. The highest BCUT2D eigenvalue weighted by molar-refractivity contribution is 7.26. The van der Waals surface area contributed by atoms with Crippen molar-refractivity contribution in [3.8, 4) is 51.0 Å². The SMILES string of the molecule is c1ccc(-c2nc(-c3ccc(-n4c5ccccc5c5cc6ccccc6cc54)c(-c4cccc5sc6c7ccccc7ccc6c45)c3)nc(-c3cccc4oc5ccccc5c34)n2)cc1. The Kier molecular flexibility index (Phi) is 7.79. The molecule has 0 radical (unpaired) electrons. The number of para-hydroxylation sites is 2. The van der Waals surface area contributed by atoms with Crippen LogP contribution in [-0.2, 0) is 0 Å². The van der Waals surface area contributed by atoms with Gasteiger partial charge in [0, 0.05) is 64.0 Å². The van der Waals surface area contributed by atoms with E-state index < -0.39 is 0 Å². The molecule has 0 fully saturated rings. The van der Waals surface area contributed by atoms with Crippen LogP contribution >= 0.6 is 11.3 Å². The van der Waals surface area contributed by atoms with Gasteiger partial charge in [0.2, 0.25) is 0 Å². The van der Waals surface area contributed by atoms with Gasteiger partial charge in [-0.15, -0.1) is 11.3 Å². The molecule has 4 aromatic heterocycles. The maximum Gasteiger partial charge on any atom is 0.164 e. The molecule has 0 saturated heterocycles. The second-order valence-corrected chi connectivity index (χ2v) is 17.7. The molecule has 0 amide bonds. The molecule has 65 heavy (non-hydrogen) atoms. The van der Waals surface area contributed by atoms with Gasteiger partial charge in [-0.1, -0.05) is 152 Å². The third-order valence-electron chi connectivity index (χ3n) is 13.0. The van der Waals surface area contributed by atoms with Crippen molar-refractivity contribution in [1.82, 2.24) is 19.5 Å². The number of fused-ring (bicyclic) bond motifs is 12. The summed E-state index contributed by atoms with van der Waals surface area (Å²) in [6, 6.07) is 73.4. The normalized spacial score (nSPS) is 12.0. The summed E-state index contributed by atoms with van der Waals surface area (Å²) in [4.78, 5) is 15.8. The van der Waals surface area contributed by atoms with E-state index in [4.69, 9.17) is 19.4 Å². The second kappa shape index (κ2) is 14.0. The van der Waals surface area contributed by atoms with E-state index in [-0.39, 0.29) is 0 Å². The molecule has 10 aromatic carbocycles. The first-order valence-electron chi connectivity index (χ1n) is 21.8. The molecule has 6 heteroatoms. The van der Waals surface area contributed by atoms with Gasteiger partial charge >= 0.3 is 0 Å². The number of aromatic nitrogens is 4. The number of hydrogen-bond donors (Lipinski definition) is 0. The highest BCUT2D eigenvalue weighted by Gasteiger charge is 2.23. The zero-order valence-corrected chi connectivity index (χ0v) is 35.6. The topological polar surface area (TPSA) is 56.7 Å². The van der Waals surface area contributed by atoms with Gasteiger partial charge in [0.1, 0.15) is 11.2 Å². The quantitative estimate of drug-likeness (QED) is 0.173. The summed E-state index contributed by atoms with van der Waals surface area (Å²) >= 11 is 1.86. The lowest BCUT2D eigenvalue weighted by Gasteiger charge is -2.17. The van der Waals surface area contributed by atoms with Crippen LogP contribution < -0.4 is 0 Å². The Hall–Kier alpha value is -8.45. The molecular weight excluding hydrogens is 813 g/mol.